The van der Waals surface area contributed by atoms with Gasteiger partial charge in [0.1, 0.15) is 49.3 Å². The van der Waals surface area contributed by atoms with Crippen LogP contribution in [0.1, 0.15) is 38.9 Å². The van der Waals surface area contributed by atoms with Crippen molar-refractivity contribution in [3.8, 4) is 17.1 Å². The van der Waals surface area contributed by atoms with E-state index >= 15 is 0 Å². The molecule has 0 saturated carbocycles. The minimum absolute atomic E-state index is 0.810. The van der Waals surface area contributed by atoms with Crippen molar-refractivity contribution in [2.45, 2.75) is 68.1 Å². The van der Waals surface area contributed by atoms with E-state index < -0.39 is 0 Å². The predicted molar refractivity (Wildman–Crippen MR) is 217 cm³/mol. The maximum absolute atomic E-state index is 5.25. The topological polar surface area (TPSA) is 43.1 Å². The van der Waals surface area contributed by atoms with Gasteiger partial charge in [-0.15, -0.1) is 0 Å². The summed E-state index contributed by atoms with van der Waals surface area (Å²) < 4.78 is 13.7. The zero-order chi connectivity index (χ0) is 37.8. The number of hydrogen-bond donors (Lipinski definition) is 0. The van der Waals surface area contributed by atoms with Crippen molar-refractivity contribution in [1.82, 2.24) is 23.2 Å². The van der Waals surface area contributed by atoms with Crippen molar-refractivity contribution in [3.63, 3.8) is 0 Å². The number of hydrogen-bond acceptors (Lipinski definition) is 2. The minimum atomic E-state index is 0.810. The van der Waals surface area contributed by atoms with E-state index in [0.717, 1.165) is 50.6 Å². The Bertz CT molecular complexity index is 2280. The Morgan fingerprint density at radius 1 is 0.519 bits per heavy atom. The molecular weight excluding hydrogens is 665 g/mol. The average molecular weight is 719 g/mol. The summed E-state index contributed by atoms with van der Waals surface area (Å²) >= 11 is 0. The molecule has 0 aliphatic carbocycles. The van der Waals surface area contributed by atoms with Gasteiger partial charge in [0, 0.05) is 38.6 Å². The van der Waals surface area contributed by atoms with Gasteiger partial charge in [-0.05, 0) is 94.0 Å². The van der Waals surface area contributed by atoms with Gasteiger partial charge in [0.2, 0.25) is 18.3 Å². The fourth-order valence-corrected chi connectivity index (χ4v) is 7.65. The molecule has 0 aliphatic heterocycles. The monoisotopic (exact) mass is 718 g/mol. The van der Waals surface area contributed by atoms with Gasteiger partial charge in [-0.25, -0.2) is 23.3 Å². The SMILES string of the molecule is Cc1ccc(N=c2n(CCN(CC[n+]3ccn(-c4c(C)cccc4C)c3)CC[n+]3ccn(-c4c(C)cccc4C)c3)ccn2-c2c(C)cccc2C)cc1. The fourth-order valence-electron chi connectivity index (χ4n) is 7.65. The van der Waals surface area contributed by atoms with Crippen LogP contribution in [-0.2, 0) is 19.6 Å². The van der Waals surface area contributed by atoms with Gasteiger partial charge in [0.15, 0.2) is 0 Å². The van der Waals surface area contributed by atoms with Crippen molar-refractivity contribution < 1.29 is 9.13 Å². The van der Waals surface area contributed by atoms with Crippen LogP contribution >= 0.6 is 0 Å². The smallest absolute Gasteiger partial charge is 0.249 e. The van der Waals surface area contributed by atoms with E-state index in [4.69, 9.17) is 4.99 Å². The summed E-state index contributed by atoms with van der Waals surface area (Å²) in [6.45, 7) is 20.5. The zero-order valence-corrected chi connectivity index (χ0v) is 32.9. The number of imidazole rings is 3. The average Bonchev–Trinajstić information content (AvgIpc) is 3.90. The first-order valence-corrected chi connectivity index (χ1v) is 19.1. The molecule has 0 N–H and O–H groups in total. The number of para-hydroxylation sites is 3. The molecule has 8 heteroatoms. The molecule has 3 aromatic heterocycles. The highest BCUT2D eigenvalue weighted by molar-refractivity contribution is 5.48. The summed E-state index contributed by atoms with van der Waals surface area (Å²) in [6.07, 6.45) is 17.6. The third-order valence-electron chi connectivity index (χ3n) is 10.6. The number of rotatable bonds is 13. The van der Waals surface area contributed by atoms with Crippen LogP contribution in [0.5, 0.6) is 0 Å². The normalized spacial score (nSPS) is 12.0. The highest BCUT2D eigenvalue weighted by atomic mass is 15.2. The Morgan fingerprint density at radius 3 is 1.46 bits per heavy atom. The molecule has 7 rings (SSSR count). The molecule has 0 radical (unpaired) electrons. The van der Waals surface area contributed by atoms with Crippen LogP contribution in [0.15, 0.2) is 134 Å². The van der Waals surface area contributed by atoms with E-state index in [1.54, 1.807) is 0 Å². The molecule has 0 aliphatic rings. The molecule has 3 heterocycles. The Hall–Kier alpha value is -5.73. The minimum Gasteiger partial charge on any atom is -0.316 e. The predicted octanol–water partition coefficient (Wildman–Crippen LogP) is 7.53. The molecule has 8 nitrogen and oxygen atoms in total. The lowest BCUT2D eigenvalue weighted by Crippen LogP contribution is -2.45. The van der Waals surface area contributed by atoms with Gasteiger partial charge in [-0.2, -0.15) is 0 Å². The third-order valence-corrected chi connectivity index (χ3v) is 10.6. The maximum atomic E-state index is 5.25. The van der Waals surface area contributed by atoms with E-state index in [-0.39, 0.29) is 0 Å². The maximum Gasteiger partial charge on any atom is 0.249 e. The molecule has 0 saturated heterocycles. The second-order valence-electron chi connectivity index (χ2n) is 14.8. The summed E-state index contributed by atoms with van der Waals surface area (Å²) in [5, 5.41) is 0. The van der Waals surface area contributed by atoms with Crippen molar-refractivity contribution >= 4 is 5.69 Å². The standard InChI is InChI=1S/C46H54N8/c1-35-17-19-42(20-18-35)47-46-51(31-32-54(46)45-40(6)15-10-16-41(45)7)28-25-48(21-23-49-26-29-52(33-49)43-36(2)11-8-12-37(43)3)22-24-50-27-30-53(34-50)44-38(4)13-9-14-39(44)5/h8-20,26-27,29-34H,21-25,28H2,1-7H3/q+2. The number of aryl methyl sites for hydroxylation is 7. The summed E-state index contributed by atoms with van der Waals surface area (Å²) in [5.74, 6) is 0. The van der Waals surface area contributed by atoms with E-state index in [1.807, 2.05) is 0 Å². The molecule has 276 valence electrons. The van der Waals surface area contributed by atoms with Crippen LogP contribution in [0, 0.1) is 48.5 Å². The summed E-state index contributed by atoms with van der Waals surface area (Å²) in [5.41, 5.74) is 14.4. The molecule has 0 spiro atoms. The van der Waals surface area contributed by atoms with E-state index in [1.165, 1.54) is 56.0 Å². The van der Waals surface area contributed by atoms with Crippen molar-refractivity contribution in [3.05, 3.63) is 173 Å². The van der Waals surface area contributed by atoms with Crippen molar-refractivity contribution in [1.29, 1.82) is 0 Å². The van der Waals surface area contributed by atoms with Gasteiger partial charge in [-0.1, -0.05) is 72.3 Å². The Labute approximate surface area is 320 Å². The molecule has 7 aromatic rings. The van der Waals surface area contributed by atoms with Crippen molar-refractivity contribution in [2.75, 3.05) is 19.6 Å². The molecule has 54 heavy (non-hydrogen) atoms. The van der Waals surface area contributed by atoms with Crippen LogP contribution in [0.3, 0.4) is 0 Å². The van der Waals surface area contributed by atoms with Gasteiger partial charge in [-0.3, -0.25) is 9.47 Å². The third kappa shape index (κ3) is 8.09. The van der Waals surface area contributed by atoms with E-state index in [2.05, 4.69) is 209 Å². The Morgan fingerprint density at radius 2 is 0.981 bits per heavy atom. The lowest BCUT2D eigenvalue weighted by atomic mass is 10.1. The first-order valence-electron chi connectivity index (χ1n) is 19.1. The Balaban J connectivity index is 1.16. The molecule has 0 unspecified atom stereocenters. The molecule has 0 bridgehead atoms. The van der Waals surface area contributed by atoms with Crippen LogP contribution in [0.25, 0.3) is 17.1 Å². The first kappa shape index (κ1) is 36.6. The summed E-state index contributed by atoms with van der Waals surface area (Å²) in [7, 11) is 0. The van der Waals surface area contributed by atoms with Gasteiger partial charge < -0.3 is 4.57 Å². The number of aromatic nitrogens is 6. The highest BCUT2D eigenvalue weighted by Crippen LogP contribution is 2.20. The largest absolute Gasteiger partial charge is 0.316 e. The zero-order valence-electron chi connectivity index (χ0n) is 32.9. The lowest BCUT2D eigenvalue weighted by Gasteiger charge is -2.21. The molecule has 0 fully saturated rings. The van der Waals surface area contributed by atoms with Crippen LogP contribution in [0.4, 0.5) is 5.69 Å². The Kier molecular flexibility index (Phi) is 10.9. The first-order chi connectivity index (χ1) is 26.1. The van der Waals surface area contributed by atoms with Gasteiger partial charge in [0.25, 0.3) is 0 Å². The quantitative estimate of drug-likeness (QED) is 0.114. The highest BCUT2D eigenvalue weighted by Gasteiger charge is 2.17. The van der Waals surface area contributed by atoms with Crippen LogP contribution in [0.2, 0.25) is 0 Å². The summed E-state index contributed by atoms with van der Waals surface area (Å²) in [6, 6.07) is 28.0. The van der Waals surface area contributed by atoms with E-state index in [0.29, 0.717) is 0 Å². The van der Waals surface area contributed by atoms with Gasteiger partial charge in [0.05, 0.1) is 11.4 Å². The van der Waals surface area contributed by atoms with Crippen LogP contribution in [-0.4, -0.2) is 42.8 Å². The second kappa shape index (κ2) is 16.1. The van der Waals surface area contributed by atoms with Crippen LogP contribution < -0.4 is 14.8 Å². The molecule has 0 atom stereocenters. The molecule has 4 aromatic carbocycles. The van der Waals surface area contributed by atoms with E-state index in [9.17, 15) is 0 Å². The number of benzene rings is 4. The van der Waals surface area contributed by atoms with Crippen molar-refractivity contribution in [2.24, 2.45) is 4.99 Å². The lowest BCUT2D eigenvalue weighted by molar-refractivity contribution is -0.700. The number of nitrogens with zero attached hydrogens (tertiary/aromatic N) is 8. The molecular formula is C46H54N8+2. The van der Waals surface area contributed by atoms with Gasteiger partial charge >= 0.3 is 0 Å². The fraction of sp³-hybridized carbons (Fsp3) is 0.283. The summed E-state index contributed by atoms with van der Waals surface area (Å²) in [4.78, 5) is 7.84. The molecule has 0 amide bonds. The second-order valence-corrected chi connectivity index (χ2v) is 14.8.